The van der Waals surface area contributed by atoms with E-state index in [1.807, 2.05) is 16.8 Å². The molecule has 0 bridgehead atoms. The Hall–Kier alpha value is -1.92. The fourth-order valence-corrected chi connectivity index (χ4v) is 3.58. The zero-order valence-electron chi connectivity index (χ0n) is 13.1. The zero-order chi connectivity index (χ0) is 15.7. The summed E-state index contributed by atoms with van der Waals surface area (Å²) in [5.74, 6) is 0.678. The molecule has 0 aliphatic carbocycles. The fourth-order valence-electron chi connectivity index (χ4n) is 3.58. The average Bonchev–Trinajstić information content (AvgIpc) is 2.85. The van der Waals surface area contributed by atoms with Crippen LogP contribution >= 0.6 is 0 Å². The van der Waals surface area contributed by atoms with Gasteiger partial charge in [-0.25, -0.2) is 4.63 Å². The predicted molar refractivity (Wildman–Crippen MR) is 77.8 cm³/mol. The second-order valence-electron chi connectivity index (χ2n) is 6.33. The Morgan fingerprint density at radius 3 is 2.91 bits per heavy atom. The second kappa shape index (κ2) is 6.06. The van der Waals surface area contributed by atoms with Gasteiger partial charge in [0, 0.05) is 32.6 Å². The lowest BCUT2D eigenvalue weighted by Crippen LogP contribution is -2.52. The summed E-state index contributed by atoms with van der Waals surface area (Å²) in [5.41, 5.74) is 1.28. The van der Waals surface area contributed by atoms with Gasteiger partial charge in [0.1, 0.15) is 11.4 Å². The third-order valence-corrected chi connectivity index (χ3v) is 4.97. The molecule has 2 aliphatic heterocycles. The number of carbonyl (C=O) groups is 2. The standard InChI is InChI=1S/C15H22N4O3/c1-10-12(17-22-16-10)8-15(21)19-7-6-13-11(9-19)4-3-5-14(20)18(13)2/h11,13H,3-9H2,1-2H3/t11-,13+/m0/s1. The number of hydrogen-bond acceptors (Lipinski definition) is 5. The average molecular weight is 306 g/mol. The van der Waals surface area contributed by atoms with Crippen LogP contribution < -0.4 is 0 Å². The molecule has 0 aromatic carbocycles. The maximum atomic E-state index is 12.5. The summed E-state index contributed by atoms with van der Waals surface area (Å²) >= 11 is 0. The molecule has 0 N–H and O–H groups in total. The minimum atomic E-state index is 0.0653. The third kappa shape index (κ3) is 2.84. The van der Waals surface area contributed by atoms with Crippen molar-refractivity contribution in [2.24, 2.45) is 5.92 Å². The van der Waals surface area contributed by atoms with E-state index in [2.05, 4.69) is 14.9 Å². The summed E-state index contributed by atoms with van der Waals surface area (Å²) < 4.78 is 4.65. The van der Waals surface area contributed by atoms with Crippen molar-refractivity contribution in [2.75, 3.05) is 20.1 Å². The van der Waals surface area contributed by atoms with Crippen LogP contribution in [0.4, 0.5) is 0 Å². The summed E-state index contributed by atoms with van der Waals surface area (Å²) in [7, 11) is 1.90. The largest absolute Gasteiger partial charge is 0.342 e. The molecule has 3 rings (SSSR count). The Bertz CT molecular complexity index is 571. The van der Waals surface area contributed by atoms with E-state index < -0.39 is 0 Å². The van der Waals surface area contributed by atoms with E-state index >= 15 is 0 Å². The van der Waals surface area contributed by atoms with Crippen molar-refractivity contribution in [1.29, 1.82) is 0 Å². The lowest BCUT2D eigenvalue weighted by Gasteiger charge is -2.41. The Morgan fingerprint density at radius 1 is 1.36 bits per heavy atom. The van der Waals surface area contributed by atoms with Gasteiger partial charge in [0.2, 0.25) is 11.8 Å². The molecule has 22 heavy (non-hydrogen) atoms. The summed E-state index contributed by atoms with van der Waals surface area (Å²) in [6, 6.07) is 0.273. The molecular formula is C15H22N4O3. The van der Waals surface area contributed by atoms with E-state index in [1.54, 1.807) is 6.92 Å². The Kier molecular flexibility index (Phi) is 4.13. The first-order valence-corrected chi connectivity index (χ1v) is 7.87. The number of piperidine rings is 1. The van der Waals surface area contributed by atoms with Gasteiger partial charge in [-0.3, -0.25) is 9.59 Å². The minimum Gasteiger partial charge on any atom is -0.342 e. The molecule has 2 saturated heterocycles. The van der Waals surface area contributed by atoms with E-state index in [0.717, 1.165) is 25.8 Å². The van der Waals surface area contributed by atoms with E-state index in [9.17, 15) is 9.59 Å². The normalized spacial score (nSPS) is 25.8. The van der Waals surface area contributed by atoms with Crippen molar-refractivity contribution in [3.05, 3.63) is 11.4 Å². The minimum absolute atomic E-state index is 0.0653. The van der Waals surface area contributed by atoms with Gasteiger partial charge in [-0.1, -0.05) is 10.3 Å². The van der Waals surface area contributed by atoms with Crippen LogP contribution in [0.3, 0.4) is 0 Å². The number of carbonyl (C=O) groups excluding carboxylic acids is 2. The monoisotopic (exact) mass is 306 g/mol. The van der Waals surface area contributed by atoms with E-state index in [-0.39, 0.29) is 24.3 Å². The van der Waals surface area contributed by atoms with Crippen molar-refractivity contribution in [1.82, 2.24) is 20.1 Å². The predicted octanol–water partition coefficient (Wildman–Crippen LogP) is 0.780. The van der Waals surface area contributed by atoms with Gasteiger partial charge >= 0.3 is 0 Å². The molecule has 120 valence electrons. The molecule has 3 heterocycles. The molecule has 1 aromatic heterocycles. The first kappa shape index (κ1) is 15.0. The van der Waals surface area contributed by atoms with Crippen LogP contribution in [0.15, 0.2) is 4.63 Å². The first-order chi connectivity index (χ1) is 10.6. The third-order valence-electron chi connectivity index (χ3n) is 4.97. The zero-order valence-corrected chi connectivity index (χ0v) is 13.1. The highest BCUT2D eigenvalue weighted by Gasteiger charge is 2.37. The van der Waals surface area contributed by atoms with E-state index in [1.165, 1.54) is 0 Å². The topological polar surface area (TPSA) is 79.5 Å². The van der Waals surface area contributed by atoms with Gasteiger partial charge in [-0.15, -0.1) is 0 Å². The van der Waals surface area contributed by atoms with Crippen LogP contribution in [-0.4, -0.2) is 58.1 Å². The van der Waals surface area contributed by atoms with E-state index in [0.29, 0.717) is 30.3 Å². The summed E-state index contributed by atoms with van der Waals surface area (Å²) in [4.78, 5) is 28.2. The lowest BCUT2D eigenvalue weighted by atomic mass is 9.88. The van der Waals surface area contributed by atoms with Crippen molar-refractivity contribution in [3.8, 4) is 0 Å². The molecule has 7 heteroatoms. The summed E-state index contributed by atoms with van der Waals surface area (Å²) in [6.07, 6.45) is 3.64. The van der Waals surface area contributed by atoms with Gasteiger partial charge in [-0.2, -0.15) is 0 Å². The van der Waals surface area contributed by atoms with Gasteiger partial charge in [0.05, 0.1) is 6.42 Å². The quantitative estimate of drug-likeness (QED) is 0.806. The number of nitrogens with zero attached hydrogens (tertiary/aromatic N) is 4. The van der Waals surface area contributed by atoms with Gasteiger partial charge in [0.15, 0.2) is 0 Å². The molecule has 0 radical (unpaired) electrons. The molecule has 2 fully saturated rings. The Balaban J connectivity index is 1.65. The van der Waals surface area contributed by atoms with Crippen molar-refractivity contribution in [3.63, 3.8) is 0 Å². The van der Waals surface area contributed by atoms with Crippen LogP contribution in [0.5, 0.6) is 0 Å². The summed E-state index contributed by atoms with van der Waals surface area (Å²) in [5, 5.41) is 7.49. The number of aromatic nitrogens is 2. The number of aryl methyl sites for hydroxylation is 1. The lowest BCUT2D eigenvalue weighted by molar-refractivity contribution is -0.136. The van der Waals surface area contributed by atoms with Crippen molar-refractivity contribution in [2.45, 2.75) is 45.1 Å². The van der Waals surface area contributed by atoms with Gasteiger partial charge in [-0.05, 0) is 32.1 Å². The maximum absolute atomic E-state index is 12.5. The van der Waals surface area contributed by atoms with E-state index in [4.69, 9.17) is 0 Å². The first-order valence-electron chi connectivity index (χ1n) is 7.87. The molecule has 2 atom stereocenters. The van der Waals surface area contributed by atoms with Crippen LogP contribution in [0.2, 0.25) is 0 Å². The van der Waals surface area contributed by atoms with Gasteiger partial charge in [0.25, 0.3) is 0 Å². The highest BCUT2D eigenvalue weighted by Crippen LogP contribution is 2.29. The Morgan fingerprint density at radius 2 is 2.18 bits per heavy atom. The molecule has 0 saturated carbocycles. The number of fused-ring (bicyclic) bond motifs is 1. The number of hydrogen-bond donors (Lipinski definition) is 0. The Labute approximate surface area is 129 Å². The fraction of sp³-hybridized carbons (Fsp3) is 0.733. The smallest absolute Gasteiger partial charge is 0.228 e. The maximum Gasteiger partial charge on any atom is 0.228 e. The molecule has 1 aromatic rings. The number of rotatable bonds is 2. The SMILES string of the molecule is Cc1nonc1CC(=O)N1CC[C@@H]2[C@@H](CCCC(=O)N2C)C1. The highest BCUT2D eigenvalue weighted by molar-refractivity contribution is 5.79. The second-order valence-corrected chi connectivity index (χ2v) is 6.33. The molecule has 7 nitrogen and oxygen atoms in total. The number of likely N-dealkylation sites (tertiary alicyclic amines) is 2. The molecule has 0 spiro atoms. The van der Waals surface area contributed by atoms with Crippen LogP contribution in [0.1, 0.15) is 37.1 Å². The van der Waals surface area contributed by atoms with Gasteiger partial charge < -0.3 is 9.80 Å². The van der Waals surface area contributed by atoms with Crippen molar-refractivity contribution < 1.29 is 14.2 Å². The van der Waals surface area contributed by atoms with Crippen LogP contribution in [0, 0.1) is 12.8 Å². The molecular weight excluding hydrogens is 284 g/mol. The van der Waals surface area contributed by atoms with Crippen LogP contribution in [0.25, 0.3) is 0 Å². The molecule has 0 unspecified atom stereocenters. The number of amides is 2. The van der Waals surface area contributed by atoms with Crippen LogP contribution in [-0.2, 0) is 16.0 Å². The molecule has 2 aliphatic rings. The summed E-state index contributed by atoms with van der Waals surface area (Å²) in [6.45, 7) is 3.21. The highest BCUT2D eigenvalue weighted by atomic mass is 16.6. The van der Waals surface area contributed by atoms with Crippen molar-refractivity contribution >= 4 is 11.8 Å². The molecule has 2 amide bonds.